The molecular formula is C24H26N8OS. The molecule has 10 heteroatoms. The van der Waals surface area contributed by atoms with Gasteiger partial charge < -0.3 is 4.90 Å². The fourth-order valence-electron chi connectivity index (χ4n) is 4.84. The minimum atomic E-state index is -0.0299. The lowest BCUT2D eigenvalue weighted by molar-refractivity contribution is -0.123. The predicted octanol–water partition coefficient (Wildman–Crippen LogP) is 3.30. The number of piperidine rings is 1. The summed E-state index contributed by atoms with van der Waals surface area (Å²) in [7, 11) is 0. The zero-order valence-electron chi connectivity index (χ0n) is 18.9. The molecule has 1 aliphatic carbocycles. The van der Waals surface area contributed by atoms with E-state index in [2.05, 4.69) is 37.7 Å². The van der Waals surface area contributed by atoms with Gasteiger partial charge in [0.15, 0.2) is 16.6 Å². The standard InChI is InChI=1S/C24H26N8OS/c33-23(18-12-14-30(15-13-18)22-11-10-21-26-28-29-32(21)27-22)31(16-17-6-2-1-3-7-17)24-25-19-8-4-5-9-20(19)34-24/h1-3,6-7,10-11,18H,4-5,8-9,12-16H2. The zero-order chi connectivity index (χ0) is 22.9. The average molecular weight is 475 g/mol. The van der Waals surface area contributed by atoms with Crippen molar-refractivity contribution in [2.75, 3.05) is 22.9 Å². The van der Waals surface area contributed by atoms with Gasteiger partial charge in [0.1, 0.15) is 0 Å². The largest absolute Gasteiger partial charge is 0.355 e. The molecule has 6 rings (SSSR count). The quantitative estimate of drug-likeness (QED) is 0.438. The van der Waals surface area contributed by atoms with E-state index in [-0.39, 0.29) is 11.8 Å². The molecule has 1 fully saturated rings. The number of benzene rings is 1. The van der Waals surface area contributed by atoms with Gasteiger partial charge in [0.2, 0.25) is 5.91 Å². The first kappa shape index (κ1) is 21.2. The number of tetrazole rings is 1. The number of rotatable bonds is 5. The van der Waals surface area contributed by atoms with Crippen LogP contribution < -0.4 is 9.80 Å². The molecule has 0 bridgehead atoms. The molecule has 0 N–H and O–H groups in total. The average Bonchev–Trinajstić information content (AvgIpc) is 3.54. The van der Waals surface area contributed by atoms with E-state index in [1.165, 1.54) is 28.0 Å². The van der Waals surface area contributed by atoms with Gasteiger partial charge in [-0.05, 0) is 66.6 Å². The van der Waals surface area contributed by atoms with Crippen molar-refractivity contribution in [3.05, 3.63) is 58.6 Å². The van der Waals surface area contributed by atoms with E-state index in [1.807, 2.05) is 35.2 Å². The molecule has 0 radical (unpaired) electrons. The summed E-state index contributed by atoms with van der Waals surface area (Å²) in [6.07, 6.45) is 6.07. The lowest BCUT2D eigenvalue weighted by Gasteiger charge is -2.34. The first-order valence-corrected chi connectivity index (χ1v) is 12.7. The molecule has 4 heterocycles. The van der Waals surface area contributed by atoms with E-state index in [9.17, 15) is 4.79 Å². The molecule has 1 aliphatic heterocycles. The van der Waals surface area contributed by atoms with E-state index < -0.39 is 0 Å². The highest BCUT2D eigenvalue weighted by atomic mass is 32.1. The van der Waals surface area contributed by atoms with Crippen molar-refractivity contribution < 1.29 is 4.79 Å². The second-order valence-electron chi connectivity index (χ2n) is 8.96. The van der Waals surface area contributed by atoms with E-state index in [0.29, 0.717) is 12.2 Å². The predicted molar refractivity (Wildman–Crippen MR) is 130 cm³/mol. The number of amides is 1. The van der Waals surface area contributed by atoms with Crippen LogP contribution in [-0.2, 0) is 24.2 Å². The van der Waals surface area contributed by atoms with E-state index >= 15 is 0 Å². The van der Waals surface area contributed by atoms with Crippen molar-refractivity contribution in [3.8, 4) is 0 Å². The molecular weight excluding hydrogens is 448 g/mol. The Hall–Kier alpha value is -3.40. The minimum absolute atomic E-state index is 0.0299. The lowest BCUT2D eigenvalue weighted by Crippen LogP contribution is -2.43. The summed E-state index contributed by atoms with van der Waals surface area (Å²) in [4.78, 5) is 24.2. The molecule has 1 aromatic carbocycles. The van der Waals surface area contributed by atoms with Crippen LogP contribution in [0.4, 0.5) is 10.9 Å². The van der Waals surface area contributed by atoms with Gasteiger partial charge in [-0.3, -0.25) is 9.69 Å². The molecule has 0 atom stereocenters. The first-order chi connectivity index (χ1) is 16.7. The van der Waals surface area contributed by atoms with Gasteiger partial charge in [-0.2, -0.15) is 0 Å². The van der Waals surface area contributed by atoms with Crippen LogP contribution in [0.5, 0.6) is 0 Å². The van der Waals surface area contributed by atoms with Gasteiger partial charge in [-0.15, -0.1) is 26.2 Å². The molecule has 34 heavy (non-hydrogen) atoms. The zero-order valence-corrected chi connectivity index (χ0v) is 19.7. The van der Waals surface area contributed by atoms with Crippen LogP contribution >= 0.6 is 11.3 Å². The SMILES string of the molecule is O=C(C1CCN(c2ccc3nnnn3n2)CC1)N(Cc1ccccc1)c1nc2c(s1)CCCC2. The molecule has 0 spiro atoms. The van der Waals surface area contributed by atoms with Crippen LogP contribution in [0.1, 0.15) is 41.8 Å². The molecule has 3 aromatic heterocycles. The number of fused-ring (bicyclic) bond motifs is 2. The van der Waals surface area contributed by atoms with Crippen LogP contribution in [0.3, 0.4) is 0 Å². The van der Waals surface area contributed by atoms with Crippen molar-refractivity contribution in [3.63, 3.8) is 0 Å². The van der Waals surface area contributed by atoms with Gasteiger partial charge in [-0.25, -0.2) is 4.98 Å². The van der Waals surface area contributed by atoms with Crippen molar-refractivity contribution in [2.24, 2.45) is 5.92 Å². The van der Waals surface area contributed by atoms with Crippen LogP contribution in [0.25, 0.3) is 5.65 Å². The van der Waals surface area contributed by atoms with Gasteiger partial charge in [0.25, 0.3) is 0 Å². The Labute approximate surface area is 201 Å². The molecule has 0 unspecified atom stereocenters. The topological polar surface area (TPSA) is 92.4 Å². The normalized spacial score (nSPS) is 16.5. The van der Waals surface area contributed by atoms with Crippen molar-refractivity contribution >= 4 is 33.8 Å². The maximum Gasteiger partial charge on any atom is 0.232 e. The Bertz CT molecular complexity index is 1270. The summed E-state index contributed by atoms with van der Waals surface area (Å²) < 4.78 is 1.44. The number of thiazole rings is 1. The fraction of sp³-hybridized carbons (Fsp3) is 0.417. The number of carbonyl (C=O) groups excluding carboxylic acids is 1. The second-order valence-corrected chi connectivity index (χ2v) is 10.0. The van der Waals surface area contributed by atoms with Crippen LogP contribution in [0, 0.1) is 5.92 Å². The van der Waals surface area contributed by atoms with E-state index in [1.54, 1.807) is 11.3 Å². The number of carbonyl (C=O) groups is 1. The summed E-state index contributed by atoms with van der Waals surface area (Å²) in [5.41, 5.74) is 2.94. The van der Waals surface area contributed by atoms with Crippen LogP contribution in [0.2, 0.25) is 0 Å². The number of anilines is 2. The Morgan fingerprint density at radius 3 is 2.71 bits per heavy atom. The molecule has 2 aliphatic rings. The Balaban J connectivity index is 1.20. The molecule has 174 valence electrons. The van der Waals surface area contributed by atoms with E-state index in [0.717, 1.165) is 55.3 Å². The molecule has 1 saturated heterocycles. The van der Waals surface area contributed by atoms with Gasteiger partial charge in [0, 0.05) is 23.9 Å². The third-order valence-corrected chi connectivity index (χ3v) is 7.92. The van der Waals surface area contributed by atoms with Crippen molar-refractivity contribution in [1.29, 1.82) is 0 Å². The third-order valence-electron chi connectivity index (χ3n) is 6.74. The summed E-state index contributed by atoms with van der Waals surface area (Å²) in [5.74, 6) is 0.982. The van der Waals surface area contributed by atoms with Crippen LogP contribution in [0.15, 0.2) is 42.5 Å². The summed E-state index contributed by atoms with van der Waals surface area (Å²) in [6, 6.07) is 14.0. The molecule has 4 aromatic rings. The van der Waals surface area contributed by atoms with Gasteiger partial charge in [-0.1, -0.05) is 30.3 Å². The number of nitrogens with zero attached hydrogens (tertiary/aromatic N) is 8. The van der Waals surface area contributed by atoms with Gasteiger partial charge >= 0.3 is 0 Å². The summed E-state index contributed by atoms with van der Waals surface area (Å²) in [5, 5.41) is 16.8. The Morgan fingerprint density at radius 2 is 1.88 bits per heavy atom. The maximum atomic E-state index is 13.8. The summed E-state index contributed by atoms with van der Waals surface area (Å²) >= 11 is 1.71. The second kappa shape index (κ2) is 9.09. The van der Waals surface area contributed by atoms with Crippen molar-refractivity contribution in [1.82, 2.24) is 30.2 Å². The number of aryl methyl sites for hydroxylation is 2. The number of hydrogen-bond donors (Lipinski definition) is 0. The number of aromatic nitrogens is 6. The molecule has 0 saturated carbocycles. The lowest BCUT2D eigenvalue weighted by atomic mass is 9.95. The highest BCUT2D eigenvalue weighted by Gasteiger charge is 2.32. The minimum Gasteiger partial charge on any atom is -0.355 e. The van der Waals surface area contributed by atoms with Crippen molar-refractivity contribution in [2.45, 2.75) is 45.1 Å². The fourth-order valence-corrected chi connectivity index (χ4v) is 6.00. The maximum absolute atomic E-state index is 13.8. The molecule has 9 nitrogen and oxygen atoms in total. The first-order valence-electron chi connectivity index (χ1n) is 11.9. The highest BCUT2D eigenvalue weighted by molar-refractivity contribution is 7.15. The summed E-state index contributed by atoms with van der Waals surface area (Å²) in [6.45, 7) is 2.10. The van der Waals surface area contributed by atoms with Gasteiger partial charge in [0.05, 0.1) is 12.2 Å². The molecule has 1 amide bonds. The Morgan fingerprint density at radius 1 is 1.06 bits per heavy atom. The highest BCUT2D eigenvalue weighted by Crippen LogP contribution is 2.34. The van der Waals surface area contributed by atoms with Crippen LogP contribution in [-0.4, -0.2) is 49.2 Å². The monoisotopic (exact) mass is 474 g/mol. The third kappa shape index (κ3) is 4.13. The Kier molecular flexibility index (Phi) is 5.66. The smallest absolute Gasteiger partial charge is 0.232 e. The van der Waals surface area contributed by atoms with E-state index in [4.69, 9.17) is 4.98 Å². The number of hydrogen-bond acceptors (Lipinski definition) is 8.